The zero-order valence-corrected chi connectivity index (χ0v) is 74.1. The molecule has 5 heterocycles. The van der Waals surface area contributed by atoms with E-state index in [1.54, 1.807) is 104 Å². The summed E-state index contributed by atoms with van der Waals surface area (Å²) in [5, 5.41) is 7.65. The van der Waals surface area contributed by atoms with E-state index in [0.717, 1.165) is 29.9 Å². The van der Waals surface area contributed by atoms with Crippen molar-refractivity contribution in [3.63, 3.8) is 0 Å². The summed E-state index contributed by atoms with van der Waals surface area (Å²) in [5.74, 6) is -1.28. The van der Waals surface area contributed by atoms with Crippen LogP contribution in [-0.4, -0.2) is 214 Å². The van der Waals surface area contributed by atoms with Crippen LogP contribution in [-0.2, 0) is 51.9 Å². The van der Waals surface area contributed by atoms with Crippen LogP contribution in [0.15, 0.2) is 65.3 Å². The first kappa shape index (κ1) is 130. The second kappa shape index (κ2) is 76.4. The number of hydrogen-bond acceptors (Lipinski definition) is 22. The molecule has 0 aromatic carbocycles. The Morgan fingerprint density at radius 1 is 0.515 bits per heavy atom. The summed E-state index contributed by atoms with van der Waals surface area (Å²) in [6.45, 7) is 37.3. The first-order valence-corrected chi connectivity index (χ1v) is 37.3. The first-order chi connectivity index (χ1) is 45.0. The molecule has 8 N–H and O–H groups in total. The van der Waals surface area contributed by atoms with E-state index in [9.17, 15) is 67.1 Å². The van der Waals surface area contributed by atoms with Crippen LogP contribution in [0, 0.1) is 13.8 Å². The summed E-state index contributed by atoms with van der Waals surface area (Å²) in [4.78, 5) is 177. The molecule has 0 spiro atoms. The molecule has 34 nitrogen and oxygen atoms in total. The summed E-state index contributed by atoms with van der Waals surface area (Å²) >= 11 is 2.96. The second-order valence-electron chi connectivity index (χ2n) is 16.7. The standard InChI is InChI=1S/2C9H15N4O3P.C8H12N4O3P.C7H12N3O2PS.C6H11N4O2P.C4H8.C3H5O.3CH4.B4.B3.B2.BI.B.2K.H3N/c2*1-4-6(14)10-7-11-8(15)12(5-2)9(16)13(7)17-3;1-4-11-7(14)10-6(9-5(2)13)12(16-3)8(11)15;1-4-9-5(11)8-6(14-3)10(13-2)7(9)12;1-3-9-5(11)8-4(7)10(13-2)6(9)12;1-4(2)3;1-3(2)4;;;;1-4(2)3;1-3-2;2*1-2;;;;/h2*17H,4-5H2,1-3H3,(H,10,11,14,15);16H,2,4H2,1,3H3,(H,9,10,13,14);13H,4H2,1-3H3;13H,3H2,1-2H3,(H2,7,8,11);1H2,2-3H3;1H2,2H3;3*1H4;;;;;;;;1H3/q;;-1;;;;-1;;;;;;;;;2*+1;. The molecule has 20 radical (unpaired) electrons. The van der Waals surface area contributed by atoms with E-state index in [2.05, 4.69) is 121 Å². The van der Waals surface area contributed by atoms with Crippen LogP contribution >= 0.6 is 77.8 Å². The van der Waals surface area contributed by atoms with Crippen molar-refractivity contribution in [2.75, 3.05) is 61.3 Å². The average Bonchev–Trinajstić information content (AvgIpc) is 0.849. The van der Waals surface area contributed by atoms with Gasteiger partial charge in [0.1, 0.15) is 0 Å². The number of allylic oxidation sites excluding steroid dienone is 1. The van der Waals surface area contributed by atoms with E-state index in [1.807, 2.05) is 20.5 Å². The minimum absolute atomic E-state index is 0. The maximum Gasteiger partial charge on any atom is 1.00 e. The Balaban J connectivity index is -0.0000000828. The zero-order valence-electron chi connectivity index (χ0n) is 59.9. The Morgan fingerprint density at radius 2 is 0.709 bits per heavy atom. The van der Waals surface area contributed by atoms with Crippen molar-refractivity contribution in [3.05, 3.63) is 131 Å². The average molecular weight is 1700 g/mol. The van der Waals surface area contributed by atoms with Gasteiger partial charge in [0.2, 0.25) is 35.6 Å². The Morgan fingerprint density at radius 3 is 0.903 bits per heavy atom. The normalized spacial score (nSPS) is 9.21. The van der Waals surface area contributed by atoms with Crippen LogP contribution in [0.3, 0.4) is 0 Å². The van der Waals surface area contributed by atoms with Crippen molar-refractivity contribution >= 4 is 207 Å². The first-order valence-electron chi connectivity index (χ1n) is 27.6. The molecule has 3 amide bonds. The summed E-state index contributed by atoms with van der Waals surface area (Å²) in [5.41, 5.74) is 6.01. The van der Waals surface area contributed by atoms with Gasteiger partial charge in [0.15, 0.2) is 10.9 Å². The third-order valence-electron chi connectivity index (χ3n) is 9.61. The van der Waals surface area contributed by atoms with Gasteiger partial charge in [0, 0.05) is 122 Å². The molecule has 0 saturated heterocycles. The van der Waals surface area contributed by atoms with Gasteiger partial charge in [-0.25, -0.2) is 88.1 Å². The fourth-order valence-electron chi connectivity index (χ4n) is 5.77. The number of carbonyl (C=O) groups excluding carboxylic acids is 4. The number of halogens is 1. The summed E-state index contributed by atoms with van der Waals surface area (Å²) in [7, 11) is 32.7. The number of nitrogens with zero attached hydrogens (tertiary/aromatic N) is 15. The van der Waals surface area contributed by atoms with E-state index < -0.39 is 57.8 Å². The number of anilines is 4. The van der Waals surface area contributed by atoms with Crippen LogP contribution < -0.4 is 188 Å². The number of hydrogen-bond donors (Lipinski definition) is 5. The molecular weight excluding hydrogens is 1600 g/mol. The molecule has 0 aliphatic carbocycles. The quantitative estimate of drug-likeness (QED) is 0.0153. The number of amides is 3. The second-order valence-corrected chi connectivity index (χ2v) is 22.0. The molecule has 0 aliphatic heterocycles. The number of rotatable bonds is 16. The van der Waals surface area contributed by atoms with E-state index in [1.165, 1.54) is 45.9 Å². The number of nitrogens with two attached hydrogens (primary N) is 1. The number of Topliss-reactive ketones (excluding diaryl/α,β-unsaturated/α-hetero) is 1. The SMILES string of the molecule is C.C.C.C=C(C)C.CCC(=O)Nc1nc(=O)n(CC)c(=O)n1PC.CCC(=O)Nc1nc(=O)n(CC)c(=O)n1PC.CCn1c(=O)nc(N)n(PC)c1=O.CCn1c(=O)nc(SC)n(PC)c1=O.N.[B].[B]B([B])[B].[B]I.[B][B].[B][B][B].[CH2-]C(=O)Nc1nc(=O)n(CC)c(=O)n1PC.[CH2-]C(C)=O.[K+].[K+]. The van der Waals surface area contributed by atoms with Crippen molar-refractivity contribution in [2.45, 2.75) is 142 Å². The van der Waals surface area contributed by atoms with Crippen molar-refractivity contribution in [3.8, 4) is 0 Å². The molecule has 0 bridgehead atoms. The van der Waals surface area contributed by atoms with Gasteiger partial charge in [-0.15, -0.1) is 6.58 Å². The topological polar surface area (TPSA) is 450 Å². The van der Waals surface area contributed by atoms with Gasteiger partial charge < -0.3 is 40.6 Å². The number of ketones is 1. The van der Waals surface area contributed by atoms with Gasteiger partial charge in [-0.1, -0.05) is 53.5 Å². The summed E-state index contributed by atoms with van der Waals surface area (Å²) < 4.78 is 11.8. The maximum absolute atomic E-state index is 11.9. The van der Waals surface area contributed by atoms with E-state index >= 15 is 0 Å². The predicted octanol–water partition coefficient (Wildman–Crippen LogP) is -6.98. The Hall–Kier alpha value is -2.41. The summed E-state index contributed by atoms with van der Waals surface area (Å²) in [6.07, 6.45) is 1.66. The minimum atomic E-state index is -0.675. The monoisotopic (exact) mass is 1700 g/mol. The van der Waals surface area contributed by atoms with Gasteiger partial charge in [-0.05, 0) is 144 Å². The Bertz CT molecular complexity index is 3760. The predicted molar refractivity (Wildman–Crippen MR) is 447 cm³/mol. The van der Waals surface area contributed by atoms with Crippen molar-refractivity contribution < 1.29 is 122 Å². The van der Waals surface area contributed by atoms with Crippen molar-refractivity contribution in [1.29, 1.82) is 0 Å². The van der Waals surface area contributed by atoms with Crippen LogP contribution in [0.5, 0.6) is 0 Å². The van der Waals surface area contributed by atoms with Crippen LogP contribution in [0.1, 0.15) is 104 Å². The molecule has 0 fully saturated rings. The number of thioether (sulfide) groups is 1. The smallest absolute Gasteiger partial charge is 0.369 e. The van der Waals surface area contributed by atoms with E-state index in [-0.39, 0.29) is 260 Å². The van der Waals surface area contributed by atoms with Crippen molar-refractivity contribution in [1.82, 2.24) is 75.6 Å². The fourth-order valence-corrected chi connectivity index (χ4v) is 9.78. The molecule has 5 rings (SSSR count). The Labute approximate surface area is 729 Å². The van der Waals surface area contributed by atoms with Crippen LogP contribution in [0.2, 0.25) is 0 Å². The summed E-state index contributed by atoms with van der Waals surface area (Å²) in [6, 6.07) is 0. The molecule has 0 saturated carbocycles. The molecule has 5 unspecified atom stereocenters. The molecule has 5 atom stereocenters. The van der Waals surface area contributed by atoms with Gasteiger partial charge in [-0.3, -0.25) is 24.6 Å². The Kier molecular flexibility index (Phi) is 96.4. The third kappa shape index (κ3) is 51.6. The number of aromatic nitrogens is 15. The molecule has 103 heavy (non-hydrogen) atoms. The largest absolute Gasteiger partial charge is 1.00 e. The van der Waals surface area contributed by atoms with Gasteiger partial charge in [-0.2, -0.15) is 47.3 Å². The zero-order chi connectivity index (χ0) is 76.5. The van der Waals surface area contributed by atoms with Gasteiger partial charge in [0.25, 0.3) is 0 Å². The van der Waals surface area contributed by atoms with Crippen LogP contribution in [0.4, 0.5) is 23.8 Å². The fraction of sp³-hybridized carbons (Fsp3) is 0.531. The number of carbonyl (C=O) groups is 4. The minimum Gasteiger partial charge on any atom is -0.369 e. The van der Waals surface area contributed by atoms with E-state index in [0.29, 0.717) is 27.0 Å². The van der Waals surface area contributed by atoms with Gasteiger partial charge >= 0.3 is 160 Å². The van der Waals surface area contributed by atoms with E-state index in [4.69, 9.17) is 5.73 Å². The molecular formula is C49H93B11IK2N20O14P5S. The third-order valence-corrected chi connectivity index (χ3v) is 14.7. The molecule has 0 aliphatic rings. The van der Waals surface area contributed by atoms with Crippen molar-refractivity contribution in [2.24, 2.45) is 0 Å². The molecule has 54 heteroatoms. The molecule has 546 valence electrons. The molecule has 5 aromatic heterocycles. The number of nitrogens with one attached hydrogen (secondary N) is 3. The molecule has 5 aromatic rings. The maximum atomic E-state index is 11.9. The van der Waals surface area contributed by atoms with Crippen LogP contribution in [0.25, 0.3) is 0 Å². The van der Waals surface area contributed by atoms with Gasteiger partial charge in [0.05, 0.1) is 5.91 Å². The number of nitrogen functional groups attached to an aromatic ring is 1.